The van der Waals surface area contributed by atoms with Crippen LogP contribution >= 0.6 is 24.0 Å². The van der Waals surface area contributed by atoms with E-state index in [1.807, 2.05) is 23.3 Å². The van der Waals surface area contributed by atoms with Crippen LogP contribution in [0.1, 0.15) is 29.9 Å². The van der Waals surface area contributed by atoms with Crippen LogP contribution < -0.4 is 0 Å². The Morgan fingerprint density at radius 3 is 2.71 bits per heavy atom. The molecule has 0 radical (unpaired) electrons. The van der Waals surface area contributed by atoms with Crippen LogP contribution in [0, 0.1) is 0 Å². The highest BCUT2D eigenvalue weighted by molar-refractivity contribution is 7.80. The number of amides is 1. The SMILES string of the molecule is CCCN(CC)C(=O)c1cc(S)cs1. The maximum atomic E-state index is 11.9. The van der Waals surface area contributed by atoms with Gasteiger partial charge < -0.3 is 4.90 Å². The zero-order chi connectivity index (χ0) is 10.6. The number of hydrogen-bond donors (Lipinski definition) is 1. The maximum Gasteiger partial charge on any atom is 0.263 e. The lowest BCUT2D eigenvalue weighted by atomic mass is 10.3. The van der Waals surface area contributed by atoms with Gasteiger partial charge in [0.25, 0.3) is 5.91 Å². The Kier molecular flexibility index (Phi) is 4.48. The molecule has 0 aliphatic rings. The topological polar surface area (TPSA) is 20.3 Å². The van der Waals surface area contributed by atoms with E-state index in [0.29, 0.717) is 0 Å². The number of thiophene rings is 1. The first-order chi connectivity index (χ1) is 6.69. The first-order valence-electron chi connectivity index (χ1n) is 4.75. The summed E-state index contributed by atoms with van der Waals surface area (Å²) in [7, 11) is 0. The van der Waals surface area contributed by atoms with Gasteiger partial charge in [-0.1, -0.05) is 6.92 Å². The predicted octanol–water partition coefficient (Wildman–Crippen LogP) is 2.91. The molecular weight excluding hydrogens is 214 g/mol. The summed E-state index contributed by atoms with van der Waals surface area (Å²) in [5.41, 5.74) is 0. The third kappa shape index (κ3) is 2.75. The number of carbonyl (C=O) groups excluding carboxylic acids is 1. The van der Waals surface area contributed by atoms with Crippen molar-refractivity contribution in [1.82, 2.24) is 4.90 Å². The lowest BCUT2D eigenvalue weighted by molar-refractivity contribution is 0.0769. The van der Waals surface area contributed by atoms with Crippen molar-refractivity contribution in [2.24, 2.45) is 0 Å². The maximum absolute atomic E-state index is 11.9. The van der Waals surface area contributed by atoms with Crippen molar-refractivity contribution in [3.63, 3.8) is 0 Å². The Morgan fingerprint density at radius 2 is 2.29 bits per heavy atom. The lowest BCUT2D eigenvalue weighted by Crippen LogP contribution is -2.30. The van der Waals surface area contributed by atoms with Crippen molar-refractivity contribution in [2.45, 2.75) is 25.2 Å². The van der Waals surface area contributed by atoms with Crippen LogP contribution in [0.15, 0.2) is 16.3 Å². The van der Waals surface area contributed by atoms with Gasteiger partial charge in [-0.2, -0.15) is 0 Å². The molecule has 4 heteroatoms. The molecule has 1 aromatic rings. The normalized spacial score (nSPS) is 10.2. The van der Waals surface area contributed by atoms with E-state index in [0.717, 1.165) is 29.3 Å². The third-order valence-electron chi connectivity index (χ3n) is 1.96. The van der Waals surface area contributed by atoms with Gasteiger partial charge in [0.05, 0.1) is 4.88 Å². The molecule has 1 heterocycles. The highest BCUT2D eigenvalue weighted by atomic mass is 32.1. The average Bonchev–Trinajstić information content (AvgIpc) is 2.60. The Morgan fingerprint density at radius 1 is 1.57 bits per heavy atom. The quantitative estimate of drug-likeness (QED) is 0.787. The summed E-state index contributed by atoms with van der Waals surface area (Å²) in [5, 5.41) is 1.89. The second-order valence-corrected chi connectivity index (χ2v) is 4.48. The van der Waals surface area contributed by atoms with Gasteiger partial charge in [-0.05, 0) is 19.4 Å². The molecule has 0 saturated heterocycles. The zero-order valence-corrected chi connectivity index (χ0v) is 10.2. The molecule has 1 aromatic heterocycles. The summed E-state index contributed by atoms with van der Waals surface area (Å²) >= 11 is 5.65. The van der Waals surface area contributed by atoms with Gasteiger partial charge in [0.15, 0.2) is 0 Å². The number of hydrogen-bond acceptors (Lipinski definition) is 3. The minimum absolute atomic E-state index is 0.125. The first kappa shape index (κ1) is 11.6. The lowest BCUT2D eigenvalue weighted by Gasteiger charge is -2.18. The largest absolute Gasteiger partial charge is 0.338 e. The first-order valence-corrected chi connectivity index (χ1v) is 6.08. The summed E-state index contributed by atoms with van der Waals surface area (Å²) < 4.78 is 0. The van der Waals surface area contributed by atoms with Gasteiger partial charge in [0.2, 0.25) is 0 Å². The molecule has 0 atom stereocenters. The summed E-state index contributed by atoms with van der Waals surface area (Å²) in [6, 6.07) is 1.83. The fourth-order valence-corrected chi connectivity index (χ4v) is 2.38. The van der Waals surface area contributed by atoms with Crippen LogP contribution in [0.5, 0.6) is 0 Å². The highest BCUT2D eigenvalue weighted by Gasteiger charge is 2.14. The van der Waals surface area contributed by atoms with Gasteiger partial charge >= 0.3 is 0 Å². The molecule has 0 aliphatic carbocycles. The fraction of sp³-hybridized carbons (Fsp3) is 0.500. The van der Waals surface area contributed by atoms with E-state index < -0.39 is 0 Å². The number of carbonyl (C=O) groups is 1. The van der Waals surface area contributed by atoms with Crippen molar-refractivity contribution < 1.29 is 4.79 Å². The summed E-state index contributed by atoms with van der Waals surface area (Å²) in [5.74, 6) is 0.125. The average molecular weight is 229 g/mol. The molecule has 0 unspecified atom stereocenters. The molecular formula is C10H15NOS2. The second kappa shape index (κ2) is 5.41. The van der Waals surface area contributed by atoms with Gasteiger partial charge in [0, 0.05) is 23.4 Å². The highest BCUT2D eigenvalue weighted by Crippen LogP contribution is 2.19. The fourth-order valence-electron chi connectivity index (χ4n) is 1.27. The molecule has 0 aliphatic heterocycles. The second-order valence-electron chi connectivity index (χ2n) is 3.05. The zero-order valence-electron chi connectivity index (χ0n) is 8.49. The Bertz CT molecular complexity index is 309. The van der Waals surface area contributed by atoms with E-state index in [2.05, 4.69) is 19.6 Å². The minimum Gasteiger partial charge on any atom is -0.338 e. The predicted molar refractivity (Wildman–Crippen MR) is 63.4 cm³/mol. The molecule has 0 spiro atoms. The van der Waals surface area contributed by atoms with Crippen molar-refractivity contribution in [3.8, 4) is 0 Å². The molecule has 0 fully saturated rings. The molecule has 0 N–H and O–H groups in total. The van der Waals surface area contributed by atoms with E-state index in [9.17, 15) is 4.79 Å². The standard InChI is InChI=1S/C10H15NOS2/c1-3-5-11(4-2)10(12)9-6-8(13)7-14-9/h6-7,13H,3-5H2,1-2H3. The van der Waals surface area contributed by atoms with Crippen molar-refractivity contribution in [2.75, 3.05) is 13.1 Å². The van der Waals surface area contributed by atoms with E-state index in [1.165, 1.54) is 11.3 Å². The van der Waals surface area contributed by atoms with Crippen LogP contribution in [0.4, 0.5) is 0 Å². The molecule has 2 nitrogen and oxygen atoms in total. The third-order valence-corrected chi connectivity index (χ3v) is 3.31. The van der Waals surface area contributed by atoms with Crippen LogP contribution in [-0.2, 0) is 0 Å². The molecule has 0 saturated carbocycles. The Hall–Kier alpha value is -0.480. The molecule has 0 aromatic carbocycles. The van der Waals surface area contributed by atoms with E-state index in [-0.39, 0.29) is 5.91 Å². The van der Waals surface area contributed by atoms with Crippen molar-refractivity contribution >= 4 is 29.9 Å². The van der Waals surface area contributed by atoms with Gasteiger partial charge in [-0.15, -0.1) is 24.0 Å². The molecule has 78 valence electrons. The van der Waals surface area contributed by atoms with Gasteiger partial charge in [0.1, 0.15) is 0 Å². The summed E-state index contributed by atoms with van der Waals surface area (Å²) in [4.78, 5) is 15.4. The summed E-state index contributed by atoms with van der Waals surface area (Å²) in [6.45, 7) is 5.68. The van der Waals surface area contributed by atoms with Crippen LogP contribution in [0.3, 0.4) is 0 Å². The summed E-state index contributed by atoms with van der Waals surface area (Å²) in [6.07, 6.45) is 0.999. The van der Waals surface area contributed by atoms with Gasteiger partial charge in [-0.25, -0.2) is 0 Å². The van der Waals surface area contributed by atoms with Crippen LogP contribution in [0.25, 0.3) is 0 Å². The molecule has 14 heavy (non-hydrogen) atoms. The Labute approximate surface area is 94.3 Å². The van der Waals surface area contributed by atoms with Crippen molar-refractivity contribution in [3.05, 3.63) is 16.3 Å². The molecule has 1 rings (SSSR count). The molecule has 1 amide bonds. The van der Waals surface area contributed by atoms with Crippen LogP contribution in [-0.4, -0.2) is 23.9 Å². The van der Waals surface area contributed by atoms with Crippen LogP contribution in [0.2, 0.25) is 0 Å². The number of nitrogens with zero attached hydrogens (tertiary/aromatic N) is 1. The number of thiol groups is 1. The van der Waals surface area contributed by atoms with E-state index in [1.54, 1.807) is 0 Å². The Balaban J connectivity index is 2.72. The monoisotopic (exact) mass is 229 g/mol. The number of rotatable bonds is 4. The molecule has 0 bridgehead atoms. The van der Waals surface area contributed by atoms with E-state index in [4.69, 9.17) is 0 Å². The smallest absolute Gasteiger partial charge is 0.263 e. The minimum atomic E-state index is 0.125. The van der Waals surface area contributed by atoms with Gasteiger partial charge in [-0.3, -0.25) is 4.79 Å². The van der Waals surface area contributed by atoms with E-state index >= 15 is 0 Å². The van der Waals surface area contributed by atoms with Crippen molar-refractivity contribution in [1.29, 1.82) is 0 Å².